The summed E-state index contributed by atoms with van der Waals surface area (Å²) in [6, 6.07) is 0.0502. The third kappa shape index (κ3) is 2.55. The molecule has 3 nitrogen and oxygen atoms in total. The fourth-order valence-corrected chi connectivity index (χ4v) is 4.16. The predicted octanol–water partition coefficient (Wildman–Crippen LogP) is 3.40. The maximum absolute atomic E-state index is 12.0. The SMILES string of the molecule is CC(C)(C)C1CCC(N2C(=O)C=CC2=O)C1C(C)(C)C. The summed E-state index contributed by atoms with van der Waals surface area (Å²) in [6.07, 6.45) is 4.84. The fourth-order valence-electron chi connectivity index (χ4n) is 4.16. The lowest BCUT2D eigenvalue weighted by molar-refractivity contribution is -0.141. The van der Waals surface area contributed by atoms with Crippen molar-refractivity contribution in [1.29, 1.82) is 0 Å². The highest BCUT2D eigenvalue weighted by atomic mass is 16.2. The Labute approximate surface area is 122 Å². The Morgan fingerprint density at radius 1 is 0.900 bits per heavy atom. The van der Waals surface area contributed by atoms with Gasteiger partial charge in [0.15, 0.2) is 0 Å². The van der Waals surface area contributed by atoms with Gasteiger partial charge in [-0.05, 0) is 35.5 Å². The van der Waals surface area contributed by atoms with Crippen molar-refractivity contribution in [3.05, 3.63) is 12.2 Å². The van der Waals surface area contributed by atoms with Crippen LogP contribution < -0.4 is 0 Å². The lowest BCUT2D eigenvalue weighted by Gasteiger charge is -2.43. The van der Waals surface area contributed by atoms with Crippen molar-refractivity contribution in [3.8, 4) is 0 Å². The molecular weight excluding hydrogens is 250 g/mol. The third-order valence-corrected chi connectivity index (χ3v) is 4.91. The van der Waals surface area contributed by atoms with E-state index in [1.807, 2.05) is 0 Å². The van der Waals surface area contributed by atoms with Gasteiger partial charge in [-0.15, -0.1) is 0 Å². The van der Waals surface area contributed by atoms with E-state index in [0.29, 0.717) is 11.8 Å². The van der Waals surface area contributed by atoms with E-state index in [9.17, 15) is 9.59 Å². The van der Waals surface area contributed by atoms with Crippen LogP contribution in [0.3, 0.4) is 0 Å². The molecule has 3 atom stereocenters. The summed E-state index contributed by atoms with van der Waals surface area (Å²) >= 11 is 0. The van der Waals surface area contributed by atoms with Gasteiger partial charge in [0.25, 0.3) is 11.8 Å². The number of rotatable bonds is 1. The van der Waals surface area contributed by atoms with Crippen LogP contribution in [-0.2, 0) is 9.59 Å². The minimum absolute atomic E-state index is 0.0502. The Kier molecular flexibility index (Phi) is 3.60. The molecule has 0 N–H and O–H groups in total. The second kappa shape index (κ2) is 4.71. The quantitative estimate of drug-likeness (QED) is 0.689. The van der Waals surface area contributed by atoms with Crippen LogP contribution in [0.2, 0.25) is 0 Å². The summed E-state index contributed by atoms with van der Waals surface area (Å²) in [5.74, 6) is 0.622. The van der Waals surface area contributed by atoms with Crippen LogP contribution >= 0.6 is 0 Å². The molecule has 112 valence electrons. The molecule has 3 heteroatoms. The Bertz CT molecular complexity index is 433. The van der Waals surface area contributed by atoms with Crippen molar-refractivity contribution in [3.63, 3.8) is 0 Å². The fraction of sp³-hybridized carbons (Fsp3) is 0.765. The van der Waals surface area contributed by atoms with Crippen LogP contribution in [0.5, 0.6) is 0 Å². The zero-order valence-corrected chi connectivity index (χ0v) is 13.6. The summed E-state index contributed by atoms with van der Waals surface area (Å²) in [7, 11) is 0. The van der Waals surface area contributed by atoms with Gasteiger partial charge < -0.3 is 0 Å². The molecular formula is C17H27NO2. The maximum Gasteiger partial charge on any atom is 0.253 e. The lowest BCUT2D eigenvalue weighted by Crippen LogP contribution is -2.48. The second-order valence-electron chi connectivity index (χ2n) is 8.39. The van der Waals surface area contributed by atoms with Crippen molar-refractivity contribution in [1.82, 2.24) is 4.90 Å². The summed E-state index contributed by atoms with van der Waals surface area (Å²) < 4.78 is 0. The van der Waals surface area contributed by atoms with E-state index in [1.54, 1.807) is 0 Å². The lowest BCUT2D eigenvalue weighted by atomic mass is 9.65. The highest BCUT2D eigenvalue weighted by molar-refractivity contribution is 6.13. The molecule has 0 saturated heterocycles. The Morgan fingerprint density at radius 3 is 1.80 bits per heavy atom. The average molecular weight is 277 g/mol. The molecule has 2 rings (SSSR count). The first kappa shape index (κ1) is 15.3. The summed E-state index contributed by atoms with van der Waals surface area (Å²) in [4.78, 5) is 25.5. The zero-order valence-electron chi connectivity index (χ0n) is 13.6. The first-order valence-corrected chi connectivity index (χ1v) is 7.58. The number of imide groups is 1. The van der Waals surface area contributed by atoms with Crippen molar-refractivity contribution >= 4 is 11.8 Å². The molecule has 0 aromatic rings. The molecule has 1 aliphatic heterocycles. The minimum atomic E-state index is -0.135. The maximum atomic E-state index is 12.0. The van der Waals surface area contributed by atoms with Crippen molar-refractivity contribution < 1.29 is 9.59 Å². The third-order valence-electron chi connectivity index (χ3n) is 4.91. The summed E-state index contributed by atoms with van der Waals surface area (Å²) in [5, 5.41) is 0. The van der Waals surface area contributed by atoms with Crippen LogP contribution in [0.4, 0.5) is 0 Å². The summed E-state index contributed by atoms with van der Waals surface area (Å²) in [6.45, 7) is 13.5. The van der Waals surface area contributed by atoms with Gasteiger partial charge in [-0.3, -0.25) is 14.5 Å². The van der Waals surface area contributed by atoms with Crippen molar-refractivity contribution in [2.24, 2.45) is 22.7 Å². The largest absolute Gasteiger partial charge is 0.272 e. The Hall–Kier alpha value is -1.12. The van der Waals surface area contributed by atoms with Gasteiger partial charge in [0.2, 0.25) is 0 Å². The number of carbonyl (C=O) groups is 2. The number of nitrogens with zero attached hydrogens (tertiary/aromatic N) is 1. The van der Waals surface area contributed by atoms with E-state index in [2.05, 4.69) is 41.5 Å². The van der Waals surface area contributed by atoms with Crippen molar-refractivity contribution in [2.45, 2.75) is 60.4 Å². The molecule has 0 aromatic heterocycles. The molecule has 1 heterocycles. The second-order valence-corrected chi connectivity index (χ2v) is 8.39. The van der Waals surface area contributed by atoms with Gasteiger partial charge in [0.05, 0.1) is 0 Å². The van der Waals surface area contributed by atoms with Crippen LogP contribution in [0.25, 0.3) is 0 Å². The van der Waals surface area contributed by atoms with Gasteiger partial charge in [-0.25, -0.2) is 0 Å². The first-order chi connectivity index (χ1) is 9.03. The molecule has 20 heavy (non-hydrogen) atoms. The highest BCUT2D eigenvalue weighted by Crippen LogP contribution is 2.52. The van der Waals surface area contributed by atoms with Gasteiger partial charge in [0, 0.05) is 18.2 Å². The smallest absolute Gasteiger partial charge is 0.253 e. The normalized spacial score (nSPS) is 31.5. The van der Waals surface area contributed by atoms with Crippen LogP contribution in [0.15, 0.2) is 12.2 Å². The molecule has 0 bridgehead atoms. The zero-order chi connectivity index (χ0) is 15.3. The molecule has 0 aromatic carbocycles. The molecule has 2 aliphatic rings. The van der Waals surface area contributed by atoms with E-state index >= 15 is 0 Å². The summed E-state index contributed by atoms with van der Waals surface area (Å²) in [5.41, 5.74) is 0.286. The highest BCUT2D eigenvalue weighted by Gasteiger charge is 2.51. The van der Waals surface area contributed by atoms with Crippen LogP contribution in [0, 0.1) is 22.7 Å². The molecule has 1 aliphatic carbocycles. The molecule has 0 spiro atoms. The van der Waals surface area contributed by atoms with Gasteiger partial charge in [-0.2, -0.15) is 0 Å². The van der Waals surface area contributed by atoms with E-state index < -0.39 is 0 Å². The van der Waals surface area contributed by atoms with E-state index in [1.165, 1.54) is 17.1 Å². The molecule has 1 saturated carbocycles. The number of hydrogen-bond acceptors (Lipinski definition) is 2. The average Bonchev–Trinajstić information content (AvgIpc) is 2.81. The number of carbonyl (C=O) groups excluding carboxylic acids is 2. The van der Waals surface area contributed by atoms with E-state index in [0.717, 1.165) is 12.8 Å². The van der Waals surface area contributed by atoms with Crippen LogP contribution in [0.1, 0.15) is 54.4 Å². The monoisotopic (exact) mass is 277 g/mol. The Balaban J connectivity index is 2.35. The van der Waals surface area contributed by atoms with Gasteiger partial charge >= 0.3 is 0 Å². The van der Waals surface area contributed by atoms with E-state index in [4.69, 9.17) is 0 Å². The van der Waals surface area contributed by atoms with Crippen molar-refractivity contribution in [2.75, 3.05) is 0 Å². The van der Waals surface area contributed by atoms with Gasteiger partial charge in [0.1, 0.15) is 0 Å². The molecule has 1 fully saturated rings. The topological polar surface area (TPSA) is 37.4 Å². The molecule has 3 unspecified atom stereocenters. The number of hydrogen-bond donors (Lipinski definition) is 0. The van der Waals surface area contributed by atoms with Crippen LogP contribution in [-0.4, -0.2) is 22.8 Å². The Morgan fingerprint density at radius 2 is 1.40 bits per heavy atom. The minimum Gasteiger partial charge on any atom is -0.272 e. The number of amides is 2. The van der Waals surface area contributed by atoms with E-state index in [-0.39, 0.29) is 28.7 Å². The molecule has 0 radical (unpaired) electrons. The molecule has 2 amide bonds. The van der Waals surface area contributed by atoms with Gasteiger partial charge in [-0.1, -0.05) is 41.5 Å². The predicted molar refractivity (Wildman–Crippen MR) is 79.9 cm³/mol. The first-order valence-electron chi connectivity index (χ1n) is 7.58. The standard InChI is InChI=1S/C17H27NO2/c1-16(2,3)11-7-8-12(15(11)17(4,5)6)18-13(19)9-10-14(18)20/h9-12,15H,7-8H2,1-6H3.